The number of hydrogen-bond donors (Lipinski definition) is 2. The molecule has 0 radical (unpaired) electrons. The molecule has 2 fully saturated rings. The lowest BCUT2D eigenvalue weighted by Crippen LogP contribution is -2.44. The maximum absolute atomic E-state index is 6.06. The second-order valence-electron chi connectivity index (χ2n) is 6.36. The van der Waals surface area contributed by atoms with Gasteiger partial charge in [-0.2, -0.15) is 0 Å². The maximum atomic E-state index is 6.06. The topological polar surface area (TPSA) is 80.1 Å². The average molecular weight is 301 g/mol. The molecule has 118 valence electrons. The largest absolute Gasteiger partial charge is 0.383 e. The smallest absolute Gasteiger partial charge is 0.143 e. The molecule has 6 nitrogen and oxygen atoms in total. The summed E-state index contributed by atoms with van der Waals surface area (Å²) in [6.45, 7) is 3.91. The van der Waals surface area contributed by atoms with Crippen molar-refractivity contribution in [3.63, 3.8) is 0 Å². The predicted molar refractivity (Wildman–Crippen MR) is 85.7 cm³/mol. The Morgan fingerprint density at radius 3 is 2.68 bits per heavy atom. The van der Waals surface area contributed by atoms with E-state index >= 15 is 0 Å². The second-order valence-corrected chi connectivity index (χ2v) is 6.36. The highest BCUT2D eigenvalue weighted by molar-refractivity contribution is 5.85. The Bertz CT molecular complexity index is 641. The summed E-state index contributed by atoms with van der Waals surface area (Å²) < 4.78 is 5.45. The third-order valence-electron chi connectivity index (χ3n) is 5.09. The number of nitrogens with two attached hydrogens (primary N) is 1. The van der Waals surface area contributed by atoms with Gasteiger partial charge >= 0.3 is 0 Å². The van der Waals surface area contributed by atoms with Crippen molar-refractivity contribution < 1.29 is 4.74 Å². The van der Waals surface area contributed by atoms with Crippen LogP contribution in [0.3, 0.4) is 0 Å². The Kier molecular flexibility index (Phi) is 3.72. The molecule has 0 spiro atoms. The average Bonchev–Trinajstić information content (AvgIpc) is 3.05. The van der Waals surface area contributed by atoms with E-state index in [-0.39, 0.29) is 0 Å². The monoisotopic (exact) mass is 301 g/mol. The standard InChI is InChI=1S/C16H23N5O/c17-14-13-5-6-18-16(13)20-15(19-14)11-1-3-12(4-2-11)21-7-9-22-10-8-21/h5-6,11-12H,1-4,7-10H2,(H3,17,18,19,20). The number of ether oxygens (including phenoxy) is 1. The van der Waals surface area contributed by atoms with Gasteiger partial charge in [0.1, 0.15) is 17.3 Å². The summed E-state index contributed by atoms with van der Waals surface area (Å²) in [5.41, 5.74) is 6.92. The number of fused-ring (bicyclic) bond motifs is 1. The number of nitrogen functional groups attached to an aromatic ring is 1. The summed E-state index contributed by atoms with van der Waals surface area (Å²) in [5.74, 6) is 1.94. The minimum absolute atomic E-state index is 0.437. The molecule has 3 heterocycles. The fourth-order valence-corrected chi connectivity index (χ4v) is 3.81. The van der Waals surface area contributed by atoms with Crippen LogP contribution in [-0.2, 0) is 4.74 Å². The predicted octanol–water partition coefficient (Wildman–Crippen LogP) is 1.90. The lowest BCUT2D eigenvalue weighted by atomic mass is 9.84. The molecule has 2 aromatic rings. The molecule has 4 rings (SSSR count). The Hall–Kier alpha value is -1.66. The van der Waals surface area contributed by atoms with Gasteiger partial charge < -0.3 is 15.5 Å². The minimum atomic E-state index is 0.437. The summed E-state index contributed by atoms with van der Waals surface area (Å²) in [7, 11) is 0. The van der Waals surface area contributed by atoms with E-state index in [4.69, 9.17) is 10.5 Å². The van der Waals surface area contributed by atoms with E-state index in [1.807, 2.05) is 12.3 Å². The zero-order chi connectivity index (χ0) is 14.9. The van der Waals surface area contributed by atoms with Crippen molar-refractivity contribution >= 4 is 16.9 Å². The van der Waals surface area contributed by atoms with Gasteiger partial charge in [-0.1, -0.05) is 0 Å². The number of nitrogens with zero attached hydrogens (tertiary/aromatic N) is 3. The molecule has 1 saturated heterocycles. The lowest BCUT2D eigenvalue weighted by Gasteiger charge is -2.38. The molecule has 6 heteroatoms. The third kappa shape index (κ3) is 2.57. The van der Waals surface area contributed by atoms with Crippen LogP contribution in [0.5, 0.6) is 0 Å². The molecule has 1 aliphatic carbocycles. The molecule has 0 atom stereocenters. The molecular formula is C16H23N5O. The summed E-state index contributed by atoms with van der Waals surface area (Å²) in [6, 6.07) is 2.63. The number of hydrogen-bond acceptors (Lipinski definition) is 5. The first kappa shape index (κ1) is 14.0. The summed E-state index contributed by atoms with van der Waals surface area (Å²) >= 11 is 0. The molecule has 2 aromatic heterocycles. The number of anilines is 1. The van der Waals surface area contributed by atoms with Crippen molar-refractivity contribution in [2.75, 3.05) is 32.0 Å². The van der Waals surface area contributed by atoms with Gasteiger partial charge in [0.05, 0.1) is 18.6 Å². The first-order valence-electron chi connectivity index (χ1n) is 8.23. The van der Waals surface area contributed by atoms with Crippen molar-refractivity contribution in [3.05, 3.63) is 18.1 Å². The number of H-pyrrole nitrogens is 1. The van der Waals surface area contributed by atoms with E-state index in [2.05, 4.69) is 19.9 Å². The van der Waals surface area contributed by atoms with Crippen LogP contribution in [-0.4, -0.2) is 52.2 Å². The van der Waals surface area contributed by atoms with Crippen LogP contribution in [0.2, 0.25) is 0 Å². The molecule has 1 aliphatic heterocycles. The van der Waals surface area contributed by atoms with Crippen LogP contribution in [0.15, 0.2) is 12.3 Å². The van der Waals surface area contributed by atoms with Gasteiger partial charge in [0.2, 0.25) is 0 Å². The molecule has 0 unspecified atom stereocenters. The van der Waals surface area contributed by atoms with Gasteiger partial charge in [0.25, 0.3) is 0 Å². The number of aromatic amines is 1. The molecule has 0 aromatic carbocycles. The van der Waals surface area contributed by atoms with Crippen molar-refractivity contribution in [3.8, 4) is 0 Å². The van der Waals surface area contributed by atoms with Crippen LogP contribution in [0.4, 0.5) is 5.82 Å². The third-order valence-corrected chi connectivity index (χ3v) is 5.09. The highest BCUT2D eigenvalue weighted by atomic mass is 16.5. The van der Waals surface area contributed by atoms with Crippen molar-refractivity contribution in [1.29, 1.82) is 0 Å². The SMILES string of the molecule is Nc1nc(C2CCC(N3CCOCC3)CC2)nc2[nH]ccc12. The molecule has 3 N–H and O–H groups in total. The highest BCUT2D eigenvalue weighted by Crippen LogP contribution is 2.34. The molecule has 0 amide bonds. The van der Waals surface area contributed by atoms with E-state index in [0.29, 0.717) is 17.8 Å². The zero-order valence-electron chi connectivity index (χ0n) is 12.8. The van der Waals surface area contributed by atoms with Crippen molar-refractivity contribution in [1.82, 2.24) is 19.9 Å². The normalized spacial score (nSPS) is 27.3. The first-order chi connectivity index (χ1) is 10.8. The van der Waals surface area contributed by atoms with Crippen molar-refractivity contribution in [2.24, 2.45) is 0 Å². The molecular weight excluding hydrogens is 278 g/mol. The Labute approximate surface area is 130 Å². The molecule has 2 aliphatic rings. The number of rotatable bonds is 2. The van der Waals surface area contributed by atoms with Gasteiger partial charge in [0, 0.05) is 31.2 Å². The second kappa shape index (κ2) is 5.85. The first-order valence-corrected chi connectivity index (χ1v) is 8.23. The van der Waals surface area contributed by atoms with Crippen LogP contribution in [0.25, 0.3) is 11.0 Å². The molecule has 0 bridgehead atoms. The van der Waals surface area contributed by atoms with Gasteiger partial charge in [-0.15, -0.1) is 0 Å². The van der Waals surface area contributed by atoms with E-state index in [1.54, 1.807) is 0 Å². The Morgan fingerprint density at radius 1 is 1.14 bits per heavy atom. The van der Waals surface area contributed by atoms with Gasteiger partial charge in [-0.3, -0.25) is 4.90 Å². The van der Waals surface area contributed by atoms with Gasteiger partial charge in [-0.05, 0) is 31.7 Å². The van der Waals surface area contributed by atoms with Gasteiger partial charge in [-0.25, -0.2) is 9.97 Å². The number of morpholine rings is 1. The van der Waals surface area contributed by atoms with Crippen LogP contribution >= 0.6 is 0 Å². The maximum Gasteiger partial charge on any atom is 0.143 e. The highest BCUT2D eigenvalue weighted by Gasteiger charge is 2.29. The fourth-order valence-electron chi connectivity index (χ4n) is 3.81. The summed E-state index contributed by atoms with van der Waals surface area (Å²) in [6.07, 6.45) is 6.60. The Balaban J connectivity index is 1.45. The Morgan fingerprint density at radius 2 is 1.91 bits per heavy atom. The number of aromatic nitrogens is 3. The van der Waals surface area contributed by atoms with E-state index in [9.17, 15) is 0 Å². The van der Waals surface area contributed by atoms with Crippen LogP contribution in [0, 0.1) is 0 Å². The molecule has 22 heavy (non-hydrogen) atoms. The minimum Gasteiger partial charge on any atom is -0.383 e. The van der Waals surface area contributed by atoms with Gasteiger partial charge in [0.15, 0.2) is 0 Å². The van der Waals surface area contributed by atoms with E-state index in [1.165, 1.54) is 12.8 Å². The summed E-state index contributed by atoms with van der Waals surface area (Å²) in [4.78, 5) is 15.0. The fraction of sp³-hybridized carbons (Fsp3) is 0.625. The summed E-state index contributed by atoms with van der Waals surface area (Å²) in [5, 5.41) is 0.922. The van der Waals surface area contributed by atoms with Crippen LogP contribution < -0.4 is 5.73 Å². The van der Waals surface area contributed by atoms with Crippen molar-refractivity contribution in [2.45, 2.75) is 37.6 Å². The quantitative estimate of drug-likeness (QED) is 0.885. The number of nitrogens with one attached hydrogen (secondary N) is 1. The lowest BCUT2D eigenvalue weighted by molar-refractivity contribution is 0.00712. The molecule has 1 saturated carbocycles. The van der Waals surface area contributed by atoms with Crippen LogP contribution in [0.1, 0.15) is 37.4 Å². The zero-order valence-corrected chi connectivity index (χ0v) is 12.8. The van der Waals surface area contributed by atoms with E-state index in [0.717, 1.165) is 56.0 Å². The van der Waals surface area contributed by atoms with E-state index < -0.39 is 0 Å².